The van der Waals surface area contributed by atoms with E-state index in [9.17, 15) is 13.6 Å². The zero-order chi connectivity index (χ0) is 11.7. The molecule has 0 bridgehead atoms. The van der Waals surface area contributed by atoms with Crippen LogP contribution in [-0.2, 0) is 0 Å². The number of alkyl halides is 2. The van der Waals surface area contributed by atoms with Crippen LogP contribution < -0.4 is 4.90 Å². The molecule has 4 nitrogen and oxygen atoms in total. The Bertz CT molecular complexity index is 508. The lowest BCUT2D eigenvalue weighted by Gasteiger charge is -2.15. The fourth-order valence-electron chi connectivity index (χ4n) is 1.48. The normalized spacial score (nSPS) is 11.2. The highest BCUT2D eigenvalue weighted by molar-refractivity contribution is 7.15. The molecule has 0 spiro atoms. The van der Waals surface area contributed by atoms with E-state index in [4.69, 9.17) is 0 Å². The van der Waals surface area contributed by atoms with Crippen LogP contribution in [0.4, 0.5) is 14.6 Å². The van der Waals surface area contributed by atoms with Gasteiger partial charge in [-0.3, -0.25) is 9.20 Å². The van der Waals surface area contributed by atoms with Gasteiger partial charge in [-0.1, -0.05) is 0 Å². The van der Waals surface area contributed by atoms with Crippen molar-refractivity contribution in [2.24, 2.45) is 0 Å². The van der Waals surface area contributed by atoms with Gasteiger partial charge in [0.25, 0.3) is 6.43 Å². The quantitative estimate of drug-likeness (QED) is 0.772. The minimum atomic E-state index is -2.45. The first-order valence-corrected chi connectivity index (χ1v) is 5.41. The van der Waals surface area contributed by atoms with E-state index in [2.05, 4.69) is 4.98 Å². The summed E-state index contributed by atoms with van der Waals surface area (Å²) in [6, 6.07) is 0. The third-order valence-electron chi connectivity index (χ3n) is 2.16. The molecule has 2 aromatic heterocycles. The van der Waals surface area contributed by atoms with Crippen LogP contribution in [0.15, 0.2) is 11.6 Å². The molecule has 0 saturated carbocycles. The van der Waals surface area contributed by atoms with Crippen LogP contribution in [0.1, 0.15) is 10.5 Å². The molecule has 0 aliphatic heterocycles. The second kappa shape index (κ2) is 4.17. The lowest BCUT2D eigenvalue weighted by Crippen LogP contribution is -2.25. The molecule has 0 fully saturated rings. The Morgan fingerprint density at radius 3 is 3.06 bits per heavy atom. The van der Waals surface area contributed by atoms with Gasteiger partial charge in [0.15, 0.2) is 17.1 Å². The van der Waals surface area contributed by atoms with Crippen molar-refractivity contribution < 1.29 is 13.6 Å². The SMILES string of the molecule is CN(CC(F)F)c1nc2sccn2c1C=O. The number of thiazole rings is 1. The van der Waals surface area contributed by atoms with Crippen LogP contribution in [0.2, 0.25) is 0 Å². The number of hydrogen-bond donors (Lipinski definition) is 0. The number of imidazole rings is 1. The van der Waals surface area contributed by atoms with E-state index >= 15 is 0 Å². The van der Waals surface area contributed by atoms with Gasteiger partial charge >= 0.3 is 0 Å². The molecule has 0 N–H and O–H groups in total. The third kappa shape index (κ3) is 1.78. The molecular weight excluding hydrogens is 236 g/mol. The van der Waals surface area contributed by atoms with Crippen LogP contribution in [0.3, 0.4) is 0 Å². The van der Waals surface area contributed by atoms with Crippen molar-refractivity contribution in [2.45, 2.75) is 6.43 Å². The molecule has 0 aliphatic carbocycles. The zero-order valence-electron chi connectivity index (χ0n) is 8.43. The molecule has 0 atom stereocenters. The fraction of sp³-hybridized carbons (Fsp3) is 0.333. The van der Waals surface area contributed by atoms with Gasteiger partial charge in [-0.2, -0.15) is 0 Å². The first-order valence-electron chi connectivity index (χ1n) is 4.53. The molecule has 86 valence electrons. The highest BCUT2D eigenvalue weighted by Crippen LogP contribution is 2.22. The van der Waals surface area contributed by atoms with Gasteiger partial charge in [0.2, 0.25) is 0 Å². The average molecular weight is 245 g/mol. The molecule has 0 aliphatic rings. The summed E-state index contributed by atoms with van der Waals surface area (Å²) in [7, 11) is 1.49. The van der Waals surface area contributed by atoms with Gasteiger partial charge in [0.05, 0.1) is 6.54 Å². The lowest BCUT2D eigenvalue weighted by molar-refractivity contribution is 0.111. The van der Waals surface area contributed by atoms with Crippen LogP contribution >= 0.6 is 11.3 Å². The Morgan fingerprint density at radius 1 is 1.69 bits per heavy atom. The van der Waals surface area contributed by atoms with Gasteiger partial charge in [0, 0.05) is 18.6 Å². The van der Waals surface area contributed by atoms with Crippen molar-refractivity contribution in [1.29, 1.82) is 0 Å². The van der Waals surface area contributed by atoms with E-state index in [-0.39, 0.29) is 0 Å². The van der Waals surface area contributed by atoms with Crippen LogP contribution in [-0.4, -0.2) is 35.7 Å². The van der Waals surface area contributed by atoms with Crippen LogP contribution in [0.25, 0.3) is 4.96 Å². The van der Waals surface area contributed by atoms with Crippen molar-refractivity contribution in [1.82, 2.24) is 9.38 Å². The number of fused-ring (bicyclic) bond motifs is 1. The summed E-state index contributed by atoms with van der Waals surface area (Å²) < 4.78 is 26.0. The second-order valence-corrected chi connectivity index (χ2v) is 4.14. The highest BCUT2D eigenvalue weighted by Gasteiger charge is 2.18. The topological polar surface area (TPSA) is 37.6 Å². The van der Waals surface area contributed by atoms with E-state index in [1.54, 1.807) is 16.0 Å². The van der Waals surface area contributed by atoms with E-state index in [1.165, 1.54) is 23.3 Å². The minimum Gasteiger partial charge on any atom is -0.352 e. The van der Waals surface area contributed by atoms with Gasteiger partial charge < -0.3 is 4.90 Å². The minimum absolute atomic E-state index is 0.294. The number of aldehydes is 1. The number of anilines is 1. The molecule has 16 heavy (non-hydrogen) atoms. The Morgan fingerprint density at radius 2 is 2.44 bits per heavy atom. The maximum atomic E-state index is 12.2. The van der Waals surface area contributed by atoms with E-state index < -0.39 is 13.0 Å². The molecule has 7 heteroatoms. The van der Waals surface area contributed by atoms with E-state index in [0.29, 0.717) is 22.8 Å². The molecular formula is C9H9F2N3OS. The van der Waals surface area contributed by atoms with Gasteiger partial charge in [-0.05, 0) is 0 Å². The average Bonchev–Trinajstić information content (AvgIpc) is 2.74. The van der Waals surface area contributed by atoms with Crippen molar-refractivity contribution >= 4 is 28.4 Å². The highest BCUT2D eigenvalue weighted by atomic mass is 32.1. The Hall–Kier alpha value is -1.50. The lowest BCUT2D eigenvalue weighted by atomic mass is 10.4. The number of aromatic nitrogens is 2. The summed E-state index contributed by atoms with van der Waals surface area (Å²) in [5.41, 5.74) is 0.305. The molecule has 2 rings (SSSR count). The maximum absolute atomic E-state index is 12.2. The molecule has 2 aromatic rings. The molecule has 0 saturated heterocycles. The predicted octanol–water partition coefficient (Wildman–Crippen LogP) is 1.91. The number of nitrogens with zero attached hydrogens (tertiary/aromatic N) is 3. The first-order chi connectivity index (χ1) is 7.63. The van der Waals surface area contributed by atoms with E-state index in [0.717, 1.165) is 0 Å². The van der Waals surface area contributed by atoms with Gasteiger partial charge in [-0.15, -0.1) is 11.3 Å². The van der Waals surface area contributed by atoms with Crippen molar-refractivity contribution in [3.8, 4) is 0 Å². The molecule has 0 unspecified atom stereocenters. The van der Waals surface area contributed by atoms with Gasteiger partial charge in [-0.25, -0.2) is 13.8 Å². The van der Waals surface area contributed by atoms with Gasteiger partial charge in [0.1, 0.15) is 5.69 Å². The number of carbonyl (C=O) groups excluding carboxylic acids is 1. The summed E-state index contributed by atoms with van der Waals surface area (Å²) in [6.07, 6.45) is -0.134. The maximum Gasteiger partial charge on any atom is 0.255 e. The van der Waals surface area contributed by atoms with Crippen molar-refractivity contribution in [3.63, 3.8) is 0 Å². The molecule has 0 aromatic carbocycles. The first kappa shape index (κ1) is 11.0. The van der Waals surface area contributed by atoms with Crippen molar-refractivity contribution in [2.75, 3.05) is 18.5 Å². The summed E-state index contributed by atoms with van der Waals surface area (Å²) in [5.74, 6) is 0.294. The summed E-state index contributed by atoms with van der Waals surface area (Å²) in [5, 5.41) is 1.78. The number of hydrogen-bond acceptors (Lipinski definition) is 4. The monoisotopic (exact) mass is 245 g/mol. The largest absolute Gasteiger partial charge is 0.352 e. The summed E-state index contributed by atoms with van der Waals surface area (Å²) in [6.45, 7) is -0.439. The van der Waals surface area contributed by atoms with Crippen LogP contribution in [0, 0.1) is 0 Å². The number of rotatable bonds is 4. The van der Waals surface area contributed by atoms with Crippen molar-refractivity contribution in [3.05, 3.63) is 17.3 Å². The van der Waals surface area contributed by atoms with E-state index in [1.807, 2.05) is 0 Å². The standard InChI is InChI=1S/C9H9F2N3OS/c1-13(4-7(10)11)8-6(5-15)14-2-3-16-9(14)12-8/h2-3,5,7H,4H2,1H3. The Labute approximate surface area is 94.1 Å². The van der Waals surface area contributed by atoms with Crippen LogP contribution in [0.5, 0.6) is 0 Å². The predicted molar refractivity (Wildman–Crippen MR) is 57.7 cm³/mol. The second-order valence-electron chi connectivity index (χ2n) is 3.27. The third-order valence-corrected chi connectivity index (χ3v) is 2.92. The zero-order valence-corrected chi connectivity index (χ0v) is 9.25. The number of halogens is 2. The molecule has 2 heterocycles. The number of carbonyl (C=O) groups is 1. The summed E-state index contributed by atoms with van der Waals surface area (Å²) >= 11 is 1.35. The smallest absolute Gasteiger partial charge is 0.255 e. The Balaban J connectivity index is 2.42. The molecule has 0 amide bonds. The Kier molecular flexibility index (Phi) is 2.86. The summed E-state index contributed by atoms with van der Waals surface area (Å²) in [4.78, 5) is 17.0. The fourth-order valence-corrected chi connectivity index (χ4v) is 2.19. The molecule has 0 radical (unpaired) electrons.